The summed E-state index contributed by atoms with van der Waals surface area (Å²) in [4.78, 5) is 23.1. The first-order valence-corrected chi connectivity index (χ1v) is 7.83. The molecule has 1 rings (SSSR count). The van der Waals surface area contributed by atoms with E-state index < -0.39 is 12.1 Å². The van der Waals surface area contributed by atoms with E-state index in [0.29, 0.717) is 17.1 Å². The Labute approximate surface area is 127 Å². The first-order chi connectivity index (χ1) is 9.45. The smallest absolute Gasteiger partial charge is 0.312 e. The van der Waals surface area contributed by atoms with Gasteiger partial charge in [-0.25, -0.2) is 4.79 Å². The number of rotatable bonds is 6. The quantitative estimate of drug-likeness (QED) is 0.753. The Bertz CT molecular complexity index is 497. The zero-order chi connectivity index (χ0) is 15.1. The third-order valence-corrected chi connectivity index (χ3v) is 3.82. The molecule has 0 fully saturated rings. The molecule has 0 saturated carbocycles. The highest BCUT2D eigenvalue weighted by molar-refractivity contribution is 7.98. The molecule has 7 heteroatoms. The molecule has 0 aliphatic carbocycles. The molecule has 0 aromatic heterocycles. The fraction of sp³-hybridized carbons (Fsp3) is 0.385. The molecule has 1 aromatic carbocycles. The van der Waals surface area contributed by atoms with Crippen molar-refractivity contribution in [3.63, 3.8) is 0 Å². The van der Waals surface area contributed by atoms with Crippen LogP contribution in [-0.4, -0.2) is 30.0 Å². The number of thioether (sulfide) groups is 1. The second kappa shape index (κ2) is 8.01. The molecule has 0 radical (unpaired) electrons. The standard InChI is InChI=1S/C13H18ClN3O2S/c1-8-9(14)4-3-5-10(8)16-12(18)11(6-7-20-2)17-13(15)19/h3-5,11H,6-7H2,1-2H3,(H,16,18)(H3,15,17,19). The summed E-state index contributed by atoms with van der Waals surface area (Å²) in [6, 6.07) is 3.89. The maximum Gasteiger partial charge on any atom is 0.312 e. The van der Waals surface area contributed by atoms with Gasteiger partial charge < -0.3 is 16.4 Å². The number of nitrogens with one attached hydrogen (secondary N) is 2. The number of amides is 3. The van der Waals surface area contributed by atoms with Crippen molar-refractivity contribution in [1.82, 2.24) is 5.32 Å². The van der Waals surface area contributed by atoms with E-state index in [1.165, 1.54) is 0 Å². The molecule has 20 heavy (non-hydrogen) atoms. The van der Waals surface area contributed by atoms with E-state index in [0.717, 1.165) is 11.3 Å². The van der Waals surface area contributed by atoms with Gasteiger partial charge in [0.05, 0.1) is 0 Å². The van der Waals surface area contributed by atoms with Gasteiger partial charge in [0.15, 0.2) is 0 Å². The fourth-order valence-electron chi connectivity index (χ4n) is 1.64. The molecule has 0 aliphatic rings. The molecule has 4 N–H and O–H groups in total. The van der Waals surface area contributed by atoms with Crippen LogP contribution in [0.2, 0.25) is 5.02 Å². The predicted octanol–water partition coefficient (Wildman–Crippen LogP) is 2.38. The van der Waals surface area contributed by atoms with E-state index in [4.69, 9.17) is 17.3 Å². The number of nitrogens with two attached hydrogens (primary N) is 1. The average molecular weight is 316 g/mol. The summed E-state index contributed by atoms with van der Waals surface area (Å²) in [5, 5.41) is 5.79. The van der Waals surface area contributed by atoms with E-state index in [9.17, 15) is 9.59 Å². The summed E-state index contributed by atoms with van der Waals surface area (Å²) >= 11 is 7.59. The van der Waals surface area contributed by atoms with Crippen molar-refractivity contribution < 1.29 is 9.59 Å². The van der Waals surface area contributed by atoms with Gasteiger partial charge >= 0.3 is 6.03 Å². The van der Waals surface area contributed by atoms with Crippen LogP contribution in [0.4, 0.5) is 10.5 Å². The molecule has 110 valence electrons. The van der Waals surface area contributed by atoms with Crippen LogP contribution in [0.15, 0.2) is 18.2 Å². The highest BCUT2D eigenvalue weighted by Crippen LogP contribution is 2.23. The number of hydrogen-bond acceptors (Lipinski definition) is 3. The summed E-state index contributed by atoms with van der Waals surface area (Å²) in [6.45, 7) is 1.82. The summed E-state index contributed by atoms with van der Waals surface area (Å²) in [6.07, 6.45) is 2.44. The molecule has 0 aliphatic heterocycles. The molecule has 0 saturated heterocycles. The number of anilines is 1. The van der Waals surface area contributed by atoms with Gasteiger partial charge in [-0.05, 0) is 43.0 Å². The zero-order valence-corrected chi connectivity index (χ0v) is 13.0. The number of hydrogen-bond donors (Lipinski definition) is 3. The lowest BCUT2D eigenvalue weighted by molar-refractivity contribution is -0.117. The van der Waals surface area contributed by atoms with Gasteiger partial charge in [-0.2, -0.15) is 11.8 Å². The maximum absolute atomic E-state index is 12.2. The van der Waals surface area contributed by atoms with Gasteiger partial charge in [0.2, 0.25) is 5.91 Å². The Kier molecular flexibility index (Phi) is 6.67. The normalized spacial score (nSPS) is 11.8. The Morgan fingerprint density at radius 2 is 2.15 bits per heavy atom. The number of benzene rings is 1. The SMILES string of the molecule is CSCCC(NC(N)=O)C(=O)Nc1cccc(Cl)c1C. The lowest BCUT2D eigenvalue weighted by atomic mass is 10.1. The zero-order valence-electron chi connectivity index (χ0n) is 11.4. The van der Waals surface area contributed by atoms with E-state index in [1.54, 1.807) is 30.0 Å². The number of carbonyl (C=O) groups is 2. The van der Waals surface area contributed by atoms with Gasteiger partial charge in [-0.15, -0.1) is 0 Å². The second-order valence-electron chi connectivity index (χ2n) is 4.24. The van der Waals surface area contributed by atoms with Crippen molar-refractivity contribution in [2.24, 2.45) is 5.73 Å². The Morgan fingerprint density at radius 1 is 1.45 bits per heavy atom. The average Bonchev–Trinajstić information content (AvgIpc) is 2.39. The second-order valence-corrected chi connectivity index (χ2v) is 5.64. The summed E-state index contributed by atoms with van der Waals surface area (Å²) < 4.78 is 0. The third kappa shape index (κ3) is 4.94. The van der Waals surface area contributed by atoms with Crippen molar-refractivity contribution in [2.75, 3.05) is 17.3 Å². The molecule has 0 heterocycles. The minimum atomic E-state index is -0.714. The van der Waals surface area contributed by atoms with Gasteiger partial charge in [-0.1, -0.05) is 17.7 Å². The van der Waals surface area contributed by atoms with Gasteiger partial charge in [0.25, 0.3) is 0 Å². The third-order valence-electron chi connectivity index (χ3n) is 2.77. The topological polar surface area (TPSA) is 84.2 Å². The highest BCUT2D eigenvalue weighted by Gasteiger charge is 2.20. The van der Waals surface area contributed by atoms with Gasteiger partial charge in [0.1, 0.15) is 6.04 Å². The maximum atomic E-state index is 12.2. The Hall–Kier alpha value is -1.40. The van der Waals surface area contributed by atoms with Crippen LogP contribution < -0.4 is 16.4 Å². The van der Waals surface area contributed by atoms with E-state index in [1.807, 2.05) is 13.2 Å². The summed E-state index contributed by atoms with van der Waals surface area (Å²) in [5.74, 6) is 0.440. The number of halogens is 1. The number of urea groups is 1. The summed E-state index contributed by atoms with van der Waals surface area (Å²) in [5.41, 5.74) is 6.50. The highest BCUT2D eigenvalue weighted by atomic mass is 35.5. The van der Waals surface area contributed by atoms with Crippen LogP contribution in [0.3, 0.4) is 0 Å². The first-order valence-electron chi connectivity index (χ1n) is 6.06. The molecule has 1 unspecified atom stereocenters. The van der Waals surface area contributed by atoms with E-state index >= 15 is 0 Å². The van der Waals surface area contributed by atoms with Crippen molar-refractivity contribution in [3.05, 3.63) is 28.8 Å². The van der Waals surface area contributed by atoms with Crippen LogP contribution in [0, 0.1) is 6.92 Å². The molecule has 1 aromatic rings. The Balaban J connectivity index is 2.79. The fourth-order valence-corrected chi connectivity index (χ4v) is 2.28. The molecule has 1 atom stereocenters. The predicted molar refractivity (Wildman–Crippen MR) is 84.3 cm³/mol. The van der Waals surface area contributed by atoms with Crippen molar-refractivity contribution in [3.8, 4) is 0 Å². The van der Waals surface area contributed by atoms with E-state index in [-0.39, 0.29) is 5.91 Å². The molecule has 3 amide bonds. The largest absolute Gasteiger partial charge is 0.352 e. The van der Waals surface area contributed by atoms with Crippen molar-refractivity contribution in [1.29, 1.82) is 0 Å². The van der Waals surface area contributed by atoms with Crippen LogP contribution in [0.1, 0.15) is 12.0 Å². The Morgan fingerprint density at radius 3 is 2.75 bits per heavy atom. The van der Waals surface area contributed by atoms with E-state index in [2.05, 4.69) is 10.6 Å². The summed E-state index contributed by atoms with van der Waals surface area (Å²) in [7, 11) is 0. The molecule has 0 bridgehead atoms. The van der Waals surface area contributed by atoms with Crippen LogP contribution >= 0.6 is 23.4 Å². The van der Waals surface area contributed by atoms with Crippen LogP contribution in [0.25, 0.3) is 0 Å². The van der Waals surface area contributed by atoms with Crippen molar-refractivity contribution >= 4 is 41.0 Å². The number of primary amides is 1. The van der Waals surface area contributed by atoms with Crippen LogP contribution in [-0.2, 0) is 4.79 Å². The first kappa shape index (κ1) is 16.7. The lowest BCUT2D eigenvalue weighted by Crippen LogP contribution is -2.46. The molecular weight excluding hydrogens is 298 g/mol. The molecular formula is C13H18ClN3O2S. The van der Waals surface area contributed by atoms with Crippen molar-refractivity contribution in [2.45, 2.75) is 19.4 Å². The van der Waals surface area contributed by atoms with Crippen LogP contribution in [0.5, 0.6) is 0 Å². The van der Waals surface area contributed by atoms with Gasteiger partial charge in [-0.3, -0.25) is 4.79 Å². The molecule has 5 nitrogen and oxygen atoms in total. The minimum absolute atomic E-state index is 0.303. The minimum Gasteiger partial charge on any atom is -0.352 e. The van der Waals surface area contributed by atoms with Gasteiger partial charge in [0, 0.05) is 10.7 Å². The lowest BCUT2D eigenvalue weighted by Gasteiger charge is -2.18. The number of carbonyl (C=O) groups excluding carboxylic acids is 2. The monoisotopic (exact) mass is 315 g/mol. The molecule has 0 spiro atoms.